The Bertz CT molecular complexity index is 220. The van der Waals surface area contributed by atoms with Crippen LogP contribution in [0.1, 0.15) is 25.6 Å². The van der Waals surface area contributed by atoms with E-state index >= 15 is 0 Å². The molecule has 1 radical (unpaired) electrons. The van der Waals surface area contributed by atoms with Crippen molar-refractivity contribution in [1.82, 2.24) is 9.55 Å². The van der Waals surface area contributed by atoms with Gasteiger partial charge in [0.15, 0.2) is 0 Å². The molecule has 0 aliphatic carbocycles. The molecule has 0 aliphatic heterocycles. The molecule has 1 N–H and O–H groups in total. The average molecular weight is 167 g/mol. The SMILES string of the molecule is CCC[CH]n1ccnc1CCO. The van der Waals surface area contributed by atoms with Crippen LogP contribution in [0.3, 0.4) is 0 Å². The van der Waals surface area contributed by atoms with Gasteiger partial charge in [0.25, 0.3) is 0 Å². The summed E-state index contributed by atoms with van der Waals surface area (Å²) in [4.78, 5) is 4.13. The summed E-state index contributed by atoms with van der Waals surface area (Å²) in [5, 5.41) is 8.72. The molecule has 1 rings (SSSR count). The van der Waals surface area contributed by atoms with Crippen LogP contribution < -0.4 is 0 Å². The zero-order chi connectivity index (χ0) is 8.81. The molecule has 12 heavy (non-hydrogen) atoms. The third-order valence-corrected chi connectivity index (χ3v) is 1.70. The van der Waals surface area contributed by atoms with E-state index in [1.54, 1.807) is 6.20 Å². The van der Waals surface area contributed by atoms with Crippen LogP contribution in [0.5, 0.6) is 0 Å². The molecular weight excluding hydrogens is 152 g/mol. The highest BCUT2D eigenvalue weighted by atomic mass is 16.3. The highest BCUT2D eigenvalue weighted by molar-refractivity contribution is 4.96. The minimum atomic E-state index is 0.164. The van der Waals surface area contributed by atoms with Crippen LogP contribution in [0.4, 0.5) is 0 Å². The fourth-order valence-corrected chi connectivity index (χ4v) is 1.07. The minimum absolute atomic E-state index is 0.164. The molecule has 3 nitrogen and oxygen atoms in total. The van der Waals surface area contributed by atoms with Gasteiger partial charge in [0.1, 0.15) is 5.82 Å². The molecular formula is C9H15N2O. The largest absolute Gasteiger partial charge is 0.396 e. The number of hydrogen-bond acceptors (Lipinski definition) is 2. The summed E-state index contributed by atoms with van der Waals surface area (Å²) in [5.41, 5.74) is 0. The van der Waals surface area contributed by atoms with Crippen LogP contribution >= 0.6 is 0 Å². The van der Waals surface area contributed by atoms with Gasteiger partial charge in [-0.25, -0.2) is 4.98 Å². The monoisotopic (exact) mass is 167 g/mol. The van der Waals surface area contributed by atoms with E-state index in [-0.39, 0.29) is 6.61 Å². The third-order valence-electron chi connectivity index (χ3n) is 1.70. The predicted molar refractivity (Wildman–Crippen MR) is 47.6 cm³/mol. The van der Waals surface area contributed by atoms with Crippen LogP contribution in [-0.4, -0.2) is 21.3 Å². The zero-order valence-corrected chi connectivity index (χ0v) is 7.40. The maximum atomic E-state index is 8.72. The first-order valence-corrected chi connectivity index (χ1v) is 4.34. The van der Waals surface area contributed by atoms with Gasteiger partial charge in [-0.3, -0.25) is 0 Å². The summed E-state index contributed by atoms with van der Waals surface area (Å²) in [6, 6.07) is 0. The van der Waals surface area contributed by atoms with Gasteiger partial charge in [-0.2, -0.15) is 0 Å². The number of unbranched alkanes of at least 4 members (excludes halogenated alkanes) is 1. The van der Waals surface area contributed by atoms with E-state index in [2.05, 4.69) is 18.5 Å². The molecule has 0 saturated heterocycles. The number of rotatable bonds is 5. The molecule has 0 aromatic carbocycles. The molecule has 67 valence electrons. The molecule has 1 aromatic heterocycles. The maximum absolute atomic E-state index is 8.72. The summed E-state index contributed by atoms with van der Waals surface area (Å²) < 4.78 is 1.99. The first-order chi connectivity index (χ1) is 5.88. The van der Waals surface area contributed by atoms with Crippen molar-refractivity contribution < 1.29 is 5.11 Å². The lowest BCUT2D eigenvalue weighted by Gasteiger charge is -2.03. The van der Waals surface area contributed by atoms with E-state index < -0.39 is 0 Å². The van der Waals surface area contributed by atoms with Gasteiger partial charge in [0.2, 0.25) is 0 Å². The molecule has 0 bridgehead atoms. The second-order valence-corrected chi connectivity index (χ2v) is 2.70. The second kappa shape index (κ2) is 4.93. The van der Waals surface area contributed by atoms with Gasteiger partial charge in [0.05, 0.1) is 13.2 Å². The molecule has 3 heteroatoms. The number of nitrogens with zero attached hydrogens (tertiary/aromatic N) is 2. The molecule has 0 atom stereocenters. The normalized spacial score (nSPS) is 10.5. The van der Waals surface area contributed by atoms with E-state index in [1.165, 1.54) is 0 Å². The lowest BCUT2D eigenvalue weighted by molar-refractivity contribution is 0.295. The number of imidazole rings is 1. The highest BCUT2D eigenvalue weighted by Crippen LogP contribution is 2.03. The Kier molecular flexibility index (Phi) is 3.80. The molecule has 0 amide bonds. The Hall–Kier alpha value is -0.830. The Labute approximate surface area is 73.1 Å². The maximum Gasteiger partial charge on any atom is 0.111 e. The Morgan fingerprint density at radius 2 is 2.50 bits per heavy atom. The second-order valence-electron chi connectivity index (χ2n) is 2.70. The third kappa shape index (κ3) is 2.34. The van der Waals surface area contributed by atoms with Crippen LogP contribution in [0.2, 0.25) is 0 Å². The quantitative estimate of drug-likeness (QED) is 0.716. The lowest BCUT2D eigenvalue weighted by atomic mass is 10.3. The van der Waals surface area contributed by atoms with Crippen LogP contribution in [0.15, 0.2) is 12.4 Å². The van der Waals surface area contributed by atoms with Crippen molar-refractivity contribution in [2.24, 2.45) is 0 Å². The zero-order valence-electron chi connectivity index (χ0n) is 7.40. The first kappa shape index (κ1) is 9.26. The molecule has 0 spiro atoms. The van der Waals surface area contributed by atoms with Crippen molar-refractivity contribution in [3.63, 3.8) is 0 Å². The summed E-state index contributed by atoms with van der Waals surface area (Å²) in [5.74, 6) is 0.936. The van der Waals surface area contributed by atoms with Gasteiger partial charge in [-0.05, 0) is 6.42 Å². The molecule has 0 saturated carbocycles. The summed E-state index contributed by atoms with van der Waals surface area (Å²) in [7, 11) is 0. The standard InChI is InChI=1S/C9H15N2O/c1-2-3-6-11-7-5-10-9(11)4-8-12/h5-7,12H,2-4,8H2,1H3. The van der Waals surface area contributed by atoms with E-state index in [9.17, 15) is 0 Å². The van der Waals surface area contributed by atoms with E-state index in [0.717, 1.165) is 18.7 Å². The summed E-state index contributed by atoms with van der Waals surface area (Å²) in [6.07, 6.45) is 6.50. The molecule has 0 aliphatic rings. The van der Waals surface area contributed by atoms with Crippen LogP contribution in [0.25, 0.3) is 0 Å². The number of aromatic nitrogens is 2. The Balaban J connectivity index is 2.51. The van der Waals surface area contributed by atoms with Crippen molar-refractivity contribution in [3.05, 3.63) is 24.8 Å². The van der Waals surface area contributed by atoms with Crippen LogP contribution in [0, 0.1) is 6.54 Å². The summed E-state index contributed by atoms with van der Waals surface area (Å²) in [6.45, 7) is 4.40. The number of aliphatic hydroxyl groups is 1. The van der Waals surface area contributed by atoms with Gasteiger partial charge in [0, 0.05) is 18.8 Å². The smallest absolute Gasteiger partial charge is 0.111 e. The van der Waals surface area contributed by atoms with Crippen LogP contribution in [-0.2, 0) is 6.42 Å². The molecule has 1 heterocycles. The van der Waals surface area contributed by atoms with Gasteiger partial charge < -0.3 is 9.67 Å². The van der Waals surface area contributed by atoms with E-state index in [1.807, 2.05) is 10.8 Å². The minimum Gasteiger partial charge on any atom is -0.396 e. The van der Waals surface area contributed by atoms with Crippen molar-refractivity contribution >= 4 is 0 Å². The first-order valence-electron chi connectivity index (χ1n) is 4.34. The van der Waals surface area contributed by atoms with Gasteiger partial charge in [-0.15, -0.1) is 0 Å². The van der Waals surface area contributed by atoms with Crippen molar-refractivity contribution in [2.45, 2.75) is 26.2 Å². The topological polar surface area (TPSA) is 38.0 Å². The number of aliphatic hydroxyl groups excluding tert-OH is 1. The van der Waals surface area contributed by atoms with Gasteiger partial charge in [-0.1, -0.05) is 13.3 Å². The molecule has 0 unspecified atom stereocenters. The lowest BCUT2D eigenvalue weighted by Crippen LogP contribution is -2.03. The summed E-state index contributed by atoms with van der Waals surface area (Å²) >= 11 is 0. The fraction of sp³-hybridized carbons (Fsp3) is 0.556. The molecule has 0 fully saturated rings. The molecule has 1 aromatic rings. The van der Waals surface area contributed by atoms with Crippen molar-refractivity contribution in [1.29, 1.82) is 0 Å². The predicted octanol–water partition coefficient (Wildman–Crippen LogP) is 1.23. The van der Waals surface area contributed by atoms with E-state index in [4.69, 9.17) is 5.11 Å². The van der Waals surface area contributed by atoms with Crippen molar-refractivity contribution in [3.8, 4) is 0 Å². The van der Waals surface area contributed by atoms with Gasteiger partial charge >= 0.3 is 0 Å². The van der Waals surface area contributed by atoms with Crippen molar-refractivity contribution in [2.75, 3.05) is 6.61 Å². The number of hydrogen-bond donors (Lipinski definition) is 1. The Morgan fingerprint density at radius 3 is 3.17 bits per heavy atom. The average Bonchev–Trinajstić information content (AvgIpc) is 2.50. The highest BCUT2D eigenvalue weighted by Gasteiger charge is 2.00. The fourth-order valence-electron chi connectivity index (χ4n) is 1.07. The Morgan fingerprint density at radius 1 is 1.67 bits per heavy atom. The van der Waals surface area contributed by atoms with E-state index in [0.29, 0.717) is 6.42 Å².